The van der Waals surface area contributed by atoms with E-state index in [2.05, 4.69) is 10.2 Å². The van der Waals surface area contributed by atoms with Gasteiger partial charge in [0.15, 0.2) is 11.3 Å². The van der Waals surface area contributed by atoms with Crippen molar-refractivity contribution in [2.45, 2.75) is 18.3 Å². The minimum Gasteiger partial charge on any atom is -0.335 e. The molecule has 0 bridgehead atoms. The Balaban J connectivity index is 1.57. The van der Waals surface area contributed by atoms with E-state index in [9.17, 15) is 18.0 Å². The fraction of sp³-hybridized carbons (Fsp3) is 0.278. The number of nitrogens with zero attached hydrogens (tertiary/aromatic N) is 4. The maximum atomic E-state index is 15.4. The lowest BCUT2D eigenvalue weighted by Gasteiger charge is -2.22. The highest BCUT2D eigenvalue weighted by molar-refractivity contribution is 5.94. The molecule has 0 radical (unpaired) electrons. The molecule has 1 aromatic carbocycles. The Morgan fingerprint density at radius 2 is 2.00 bits per heavy atom. The van der Waals surface area contributed by atoms with Crippen molar-refractivity contribution in [3.05, 3.63) is 65.6 Å². The van der Waals surface area contributed by atoms with Crippen molar-refractivity contribution in [2.24, 2.45) is 0 Å². The van der Waals surface area contributed by atoms with Crippen LogP contribution in [0.3, 0.4) is 0 Å². The summed E-state index contributed by atoms with van der Waals surface area (Å²) in [5.41, 5.74) is -2.09. The van der Waals surface area contributed by atoms with E-state index in [1.807, 2.05) is 0 Å². The van der Waals surface area contributed by atoms with Crippen LogP contribution >= 0.6 is 0 Å². The maximum Gasteiger partial charge on any atom is 0.416 e. The molecule has 2 aromatic heterocycles. The second-order valence-electron chi connectivity index (χ2n) is 6.53. The van der Waals surface area contributed by atoms with Crippen LogP contribution in [0.15, 0.2) is 48.9 Å². The normalized spacial score (nSPS) is 20.4. The van der Waals surface area contributed by atoms with Crippen molar-refractivity contribution >= 4 is 11.6 Å². The number of amides is 1. The minimum atomic E-state index is -4.55. The van der Waals surface area contributed by atoms with Gasteiger partial charge in [0, 0.05) is 19.2 Å². The monoisotopic (exact) mass is 378 g/mol. The Hall–Kier alpha value is -2.97. The van der Waals surface area contributed by atoms with Gasteiger partial charge in [-0.15, -0.1) is 10.2 Å². The van der Waals surface area contributed by atoms with Crippen LogP contribution in [0.5, 0.6) is 0 Å². The molecule has 3 aromatic rings. The summed E-state index contributed by atoms with van der Waals surface area (Å²) in [6.45, 7) is -0.181. The fourth-order valence-corrected chi connectivity index (χ4v) is 3.29. The number of carbonyl (C=O) groups is 1. The molecule has 27 heavy (non-hydrogen) atoms. The molecule has 5 nitrogen and oxygen atoms in total. The van der Waals surface area contributed by atoms with Gasteiger partial charge in [0.05, 0.1) is 17.7 Å². The number of pyridine rings is 1. The first kappa shape index (κ1) is 17.4. The van der Waals surface area contributed by atoms with Gasteiger partial charge in [0.25, 0.3) is 5.91 Å². The smallest absolute Gasteiger partial charge is 0.335 e. The van der Waals surface area contributed by atoms with Gasteiger partial charge in [-0.1, -0.05) is 12.1 Å². The van der Waals surface area contributed by atoms with E-state index in [1.54, 1.807) is 22.7 Å². The first-order valence-corrected chi connectivity index (χ1v) is 8.22. The quantitative estimate of drug-likeness (QED) is 0.642. The molecular formula is C18H14F4N4O. The average Bonchev–Trinajstić information content (AvgIpc) is 3.27. The number of hydrogen-bond donors (Lipinski definition) is 0. The first-order chi connectivity index (χ1) is 12.8. The number of halogens is 4. The van der Waals surface area contributed by atoms with Gasteiger partial charge in [-0.05, 0) is 29.8 Å². The molecule has 3 heterocycles. The third-order valence-corrected chi connectivity index (χ3v) is 4.75. The molecule has 140 valence electrons. The lowest BCUT2D eigenvalue weighted by molar-refractivity contribution is -0.137. The molecule has 1 fully saturated rings. The number of alkyl halides is 4. The summed E-state index contributed by atoms with van der Waals surface area (Å²) in [6.07, 6.45) is -1.62. The Labute approximate surface area is 151 Å². The summed E-state index contributed by atoms with van der Waals surface area (Å²) in [7, 11) is 0. The van der Waals surface area contributed by atoms with Crippen molar-refractivity contribution in [3.8, 4) is 0 Å². The zero-order valence-electron chi connectivity index (χ0n) is 13.9. The molecule has 1 saturated heterocycles. The van der Waals surface area contributed by atoms with Gasteiger partial charge in [-0.25, -0.2) is 4.39 Å². The highest BCUT2D eigenvalue weighted by atomic mass is 19.4. The zero-order valence-corrected chi connectivity index (χ0v) is 13.9. The van der Waals surface area contributed by atoms with Gasteiger partial charge in [0.2, 0.25) is 0 Å². The van der Waals surface area contributed by atoms with Crippen LogP contribution in [0.2, 0.25) is 0 Å². The summed E-state index contributed by atoms with van der Waals surface area (Å²) < 4.78 is 55.6. The molecule has 1 aliphatic rings. The second kappa shape index (κ2) is 6.04. The predicted molar refractivity (Wildman–Crippen MR) is 87.7 cm³/mol. The predicted octanol–water partition coefficient (Wildman–Crippen LogP) is 3.46. The molecule has 0 saturated carbocycles. The Morgan fingerprint density at radius 3 is 2.78 bits per heavy atom. The highest BCUT2D eigenvalue weighted by Crippen LogP contribution is 2.39. The number of carbonyl (C=O) groups excluding carboxylic acids is 1. The lowest BCUT2D eigenvalue weighted by Crippen LogP contribution is -2.32. The Bertz CT molecular complexity index is 1020. The SMILES string of the molecule is O=C(c1ccc2nncn2c1)N1CC[C@@](F)(c2cccc(C(F)(F)F)c2)C1. The van der Waals surface area contributed by atoms with Gasteiger partial charge in [-0.3, -0.25) is 9.20 Å². The Kier molecular flexibility index (Phi) is 3.90. The number of hydrogen-bond acceptors (Lipinski definition) is 3. The van der Waals surface area contributed by atoms with E-state index >= 15 is 4.39 Å². The molecule has 0 aliphatic carbocycles. The fourth-order valence-electron chi connectivity index (χ4n) is 3.29. The van der Waals surface area contributed by atoms with Crippen LogP contribution in [0.25, 0.3) is 5.65 Å². The molecule has 9 heteroatoms. The number of aromatic nitrogens is 3. The number of rotatable bonds is 2. The summed E-state index contributed by atoms with van der Waals surface area (Å²) >= 11 is 0. The van der Waals surface area contributed by atoms with Crippen molar-refractivity contribution in [1.29, 1.82) is 0 Å². The standard InChI is InChI=1S/C18H14F4N4O/c19-17(13-2-1-3-14(8-13)18(20,21)22)6-7-25(10-17)16(27)12-4-5-15-24-23-11-26(15)9-12/h1-5,8-9,11H,6-7,10H2/t17-/m0/s1. The van der Waals surface area contributed by atoms with Gasteiger partial charge >= 0.3 is 6.18 Å². The van der Waals surface area contributed by atoms with Crippen molar-refractivity contribution in [1.82, 2.24) is 19.5 Å². The van der Waals surface area contributed by atoms with Crippen molar-refractivity contribution in [3.63, 3.8) is 0 Å². The zero-order chi connectivity index (χ0) is 19.2. The van der Waals surface area contributed by atoms with Gasteiger partial charge in [-0.2, -0.15) is 13.2 Å². The van der Waals surface area contributed by atoms with Crippen LogP contribution in [0.4, 0.5) is 17.6 Å². The summed E-state index contributed by atoms with van der Waals surface area (Å²) in [6, 6.07) is 7.41. The molecule has 1 atom stereocenters. The number of fused-ring (bicyclic) bond motifs is 1. The molecule has 4 rings (SSSR count). The van der Waals surface area contributed by atoms with Crippen LogP contribution in [0.1, 0.15) is 27.9 Å². The molecule has 1 aliphatic heterocycles. The van der Waals surface area contributed by atoms with E-state index in [1.165, 1.54) is 23.4 Å². The van der Waals surface area contributed by atoms with Gasteiger partial charge in [0.1, 0.15) is 6.33 Å². The van der Waals surface area contributed by atoms with E-state index in [-0.39, 0.29) is 25.1 Å². The number of benzene rings is 1. The third kappa shape index (κ3) is 3.13. The largest absolute Gasteiger partial charge is 0.416 e. The minimum absolute atomic E-state index is 0.0606. The molecule has 0 unspecified atom stereocenters. The van der Waals surface area contributed by atoms with Crippen LogP contribution in [-0.2, 0) is 11.8 Å². The summed E-state index contributed by atoms with van der Waals surface area (Å²) in [5.74, 6) is -0.392. The van der Waals surface area contributed by atoms with Crippen molar-refractivity contribution < 1.29 is 22.4 Å². The Morgan fingerprint density at radius 1 is 1.19 bits per heavy atom. The van der Waals surface area contributed by atoms with E-state index in [4.69, 9.17) is 0 Å². The molecule has 0 N–H and O–H groups in total. The highest BCUT2D eigenvalue weighted by Gasteiger charge is 2.43. The topological polar surface area (TPSA) is 50.5 Å². The molecule has 0 spiro atoms. The maximum absolute atomic E-state index is 15.4. The summed E-state index contributed by atoms with van der Waals surface area (Å²) in [5, 5.41) is 7.57. The van der Waals surface area contributed by atoms with E-state index in [0.717, 1.165) is 12.1 Å². The van der Waals surface area contributed by atoms with Gasteiger partial charge < -0.3 is 4.90 Å². The van der Waals surface area contributed by atoms with Crippen LogP contribution in [-0.4, -0.2) is 38.5 Å². The first-order valence-electron chi connectivity index (χ1n) is 8.22. The van der Waals surface area contributed by atoms with Crippen molar-refractivity contribution in [2.75, 3.05) is 13.1 Å². The lowest BCUT2D eigenvalue weighted by atomic mass is 9.93. The average molecular weight is 378 g/mol. The van der Waals surface area contributed by atoms with E-state index < -0.39 is 23.3 Å². The molecular weight excluding hydrogens is 364 g/mol. The second-order valence-corrected chi connectivity index (χ2v) is 6.53. The van der Waals surface area contributed by atoms with E-state index in [0.29, 0.717) is 11.2 Å². The summed E-state index contributed by atoms with van der Waals surface area (Å²) in [4.78, 5) is 14.0. The van der Waals surface area contributed by atoms with Crippen LogP contribution < -0.4 is 0 Å². The number of likely N-dealkylation sites (tertiary alicyclic amines) is 1. The molecule has 1 amide bonds. The third-order valence-electron chi connectivity index (χ3n) is 4.75. The van der Waals surface area contributed by atoms with Crippen LogP contribution in [0, 0.1) is 0 Å².